The maximum Gasteiger partial charge on any atom is 0.336 e. The van der Waals surface area contributed by atoms with Gasteiger partial charge < -0.3 is 52.1 Å². The van der Waals surface area contributed by atoms with Crippen molar-refractivity contribution in [2.45, 2.75) is 43.4 Å². The SMILES string of the molecule is NC(Cc1c[nH]cn1)C(=O)O.NC(Cc1c[nH]cn1)C(=O)O.O=C(O)CC(O)(CC(=O)O)C(=O)O. The summed E-state index contributed by atoms with van der Waals surface area (Å²) in [6.07, 6.45) is 4.47. The van der Waals surface area contributed by atoms with Crippen LogP contribution in [0.25, 0.3) is 0 Å². The van der Waals surface area contributed by atoms with E-state index in [-0.39, 0.29) is 12.8 Å². The second kappa shape index (κ2) is 14.7. The molecule has 2 rings (SSSR count). The summed E-state index contributed by atoms with van der Waals surface area (Å²) in [5.41, 5.74) is 9.10. The summed E-state index contributed by atoms with van der Waals surface area (Å²) in [5, 5.41) is 50.6. The van der Waals surface area contributed by atoms with Crippen LogP contribution in [0.1, 0.15) is 24.2 Å². The van der Waals surface area contributed by atoms with Crippen molar-refractivity contribution in [1.82, 2.24) is 19.9 Å². The quantitative estimate of drug-likeness (QED) is 0.151. The Kier molecular flexibility index (Phi) is 12.9. The molecular formula is C18H26N6O11. The van der Waals surface area contributed by atoms with Crippen LogP contribution < -0.4 is 11.5 Å². The number of hydrogen-bond acceptors (Lipinski definition) is 10. The van der Waals surface area contributed by atoms with Gasteiger partial charge in [-0.3, -0.25) is 19.2 Å². The number of aromatic nitrogens is 4. The number of carboxylic acids is 5. The molecule has 0 aliphatic heterocycles. The van der Waals surface area contributed by atoms with E-state index >= 15 is 0 Å². The number of aliphatic carboxylic acids is 5. The number of carbonyl (C=O) groups is 5. The third kappa shape index (κ3) is 13.1. The summed E-state index contributed by atoms with van der Waals surface area (Å²) >= 11 is 0. The Bertz CT molecular complexity index is 894. The molecule has 0 fully saturated rings. The minimum absolute atomic E-state index is 0.263. The predicted octanol–water partition coefficient (Wildman–Crippen LogP) is -2.52. The molecule has 2 aromatic heterocycles. The minimum atomic E-state index is -2.74. The minimum Gasteiger partial charge on any atom is -0.481 e. The van der Waals surface area contributed by atoms with Crippen molar-refractivity contribution in [3.05, 3.63) is 36.4 Å². The fourth-order valence-corrected chi connectivity index (χ4v) is 2.14. The van der Waals surface area contributed by atoms with E-state index in [1.807, 2.05) is 0 Å². The van der Waals surface area contributed by atoms with Crippen molar-refractivity contribution in [3.8, 4) is 0 Å². The van der Waals surface area contributed by atoms with Crippen molar-refractivity contribution in [3.63, 3.8) is 0 Å². The highest BCUT2D eigenvalue weighted by Crippen LogP contribution is 2.15. The van der Waals surface area contributed by atoms with Crippen molar-refractivity contribution < 1.29 is 54.6 Å². The van der Waals surface area contributed by atoms with E-state index in [0.29, 0.717) is 11.4 Å². The normalized spacial score (nSPS) is 12.1. The maximum absolute atomic E-state index is 10.3. The zero-order valence-corrected chi connectivity index (χ0v) is 18.1. The number of aliphatic hydroxyl groups is 1. The average molecular weight is 502 g/mol. The van der Waals surface area contributed by atoms with Gasteiger partial charge in [-0.15, -0.1) is 0 Å². The maximum atomic E-state index is 10.3. The van der Waals surface area contributed by atoms with E-state index in [9.17, 15) is 24.0 Å². The number of imidazole rings is 2. The van der Waals surface area contributed by atoms with Gasteiger partial charge in [0.15, 0.2) is 5.60 Å². The molecule has 17 nitrogen and oxygen atoms in total. The molecule has 0 aliphatic carbocycles. The first-order valence-corrected chi connectivity index (χ1v) is 9.49. The van der Waals surface area contributed by atoms with E-state index in [1.165, 1.54) is 12.7 Å². The molecule has 35 heavy (non-hydrogen) atoms. The van der Waals surface area contributed by atoms with Crippen LogP contribution in [0.4, 0.5) is 0 Å². The van der Waals surface area contributed by atoms with E-state index in [4.69, 9.17) is 42.1 Å². The number of rotatable bonds is 11. The summed E-state index contributed by atoms with van der Waals surface area (Å²) in [6.45, 7) is 0. The number of carboxylic acid groups (broad SMARTS) is 5. The number of hydrogen-bond donors (Lipinski definition) is 10. The van der Waals surface area contributed by atoms with Gasteiger partial charge in [-0.2, -0.15) is 0 Å². The first kappa shape index (κ1) is 30.6. The molecule has 194 valence electrons. The molecule has 0 aromatic carbocycles. The molecule has 2 aromatic rings. The number of nitrogens with zero attached hydrogens (tertiary/aromatic N) is 2. The predicted molar refractivity (Wildman–Crippen MR) is 113 cm³/mol. The molecule has 0 saturated heterocycles. The van der Waals surface area contributed by atoms with Crippen LogP contribution in [0, 0.1) is 0 Å². The molecule has 2 atom stereocenters. The Morgan fingerprint density at radius 3 is 1.31 bits per heavy atom. The molecule has 17 heteroatoms. The van der Waals surface area contributed by atoms with Gasteiger partial charge in [0.2, 0.25) is 0 Å². The van der Waals surface area contributed by atoms with E-state index in [1.54, 1.807) is 12.4 Å². The molecule has 0 bridgehead atoms. The summed E-state index contributed by atoms with van der Waals surface area (Å²) in [7, 11) is 0. The zero-order chi connectivity index (χ0) is 27.2. The molecule has 0 spiro atoms. The number of aromatic amines is 2. The molecule has 0 amide bonds. The first-order valence-electron chi connectivity index (χ1n) is 9.49. The second-order valence-electron chi connectivity index (χ2n) is 6.90. The Balaban J connectivity index is 0.000000497. The van der Waals surface area contributed by atoms with Gasteiger partial charge in [-0.05, 0) is 0 Å². The van der Waals surface area contributed by atoms with E-state index in [2.05, 4.69) is 19.9 Å². The van der Waals surface area contributed by atoms with E-state index in [0.717, 1.165) is 0 Å². The van der Waals surface area contributed by atoms with Crippen LogP contribution in [-0.4, -0.2) is 98.1 Å². The smallest absolute Gasteiger partial charge is 0.336 e. The third-order valence-electron chi connectivity index (χ3n) is 3.89. The lowest BCUT2D eigenvalue weighted by atomic mass is 9.96. The topological polar surface area (TPSA) is 316 Å². The van der Waals surface area contributed by atoms with Gasteiger partial charge in [0.25, 0.3) is 0 Å². The van der Waals surface area contributed by atoms with Crippen molar-refractivity contribution in [2.24, 2.45) is 11.5 Å². The molecular weight excluding hydrogens is 476 g/mol. The van der Waals surface area contributed by atoms with Gasteiger partial charge in [0, 0.05) is 25.2 Å². The van der Waals surface area contributed by atoms with Crippen molar-refractivity contribution >= 4 is 29.8 Å². The number of nitrogens with two attached hydrogens (primary N) is 2. The van der Waals surface area contributed by atoms with Crippen LogP contribution in [0.2, 0.25) is 0 Å². The lowest BCUT2D eigenvalue weighted by Gasteiger charge is -2.18. The molecule has 0 radical (unpaired) electrons. The second-order valence-corrected chi connectivity index (χ2v) is 6.90. The third-order valence-corrected chi connectivity index (χ3v) is 3.89. The van der Waals surface area contributed by atoms with Crippen LogP contribution in [-0.2, 0) is 36.8 Å². The van der Waals surface area contributed by atoms with Gasteiger partial charge >= 0.3 is 29.8 Å². The molecule has 2 unspecified atom stereocenters. The van der Waals surface area contributed by atoms with Crippen LogP contribution >= 0.6 is 0 Å². The van der Waals surface area contributed by atoms with Crippen LogP contribution in [0.15, 0.2) is 25.0 Å². The molecule has 0 saturated carbocycles. The summed E-state index contributed by atoms with van der Waals surface area (Å²) in [4.78, 5) is 64.1. The average Bonchev–Trinajstić information content (AvgIpc) is 3.41. The number of nitrogens with one attached hydrogen (secondary N) is 2. The fourth-order valence-electron chi connectivity index (χ4n) is 2.14. The van der Waals surface area contributed by atoms with Gasteiger partial charge in [0.1, 0.15) is 12.1 Å². The Labute approximate surface area is 196 Å². The largest absolute Gasteiger partial charge is 0.481 e. The lowest BCUT2D eigenvalue weighted by molar-refractivity contribution is -0.170. The zero-order valence-electron chi connectivity index (χ0n) is 18.1. The monoisotopic (exact) mass is 502 g/mol. The molecule has 12 N–H and O–H groups in total. The van der Waals surface area contributed by atoms with Crippen LogP contribution in [0.5, 0.6) is 0 Å². The first-order chi connectivity index (χ1) is 16.2. The lowest BCUT2D eigenvalue weighted by Crippen LogP contribution is -2.42. The highest BCUT2D eigenvalue weighted by Gasteiger charge is 2.40. The Morgan fingerprint density at radius 1 is 0.771 bits per heavy atom. The number of H-pyrrole nitrogens is 2. The van der Waals surface area contributed by atoms with Crippen LogP contribution in [0.3, 0.4) is 0 Å². The molecule has 2 heterocycles. The summed E-state index contributed by atoms with van der Waals surface area (Å²) < 4.78 is 0. The highest BCUT2D eigenvalue weighted by molar-refractivity contribution is 5.88. The highest BCUT2D eigenvalue weighted by atomic mass is 16.4. The van der Waals surface area contributed by atoms with Gasteiger partial charge in [-0.1, -0.05) is 0 Å². The Morgan fingerprint density at radius 2 is 1.11 bits per heavy atom. The van der Waals surface area contributed by atoms with Crippen molar-refractivity contribution in [1.29, 1.82) is 0 Å². The van der Waals surface area contributed by atoms with Crippen molar-refractivity contribution in [2.75, 3.05) is 0 Å². The van der Waals surface area contributed by atoms with Gasteiger partial charge in [-0.25, -0.2) is 14.8 Å². The van der Waals surface area contributed by atoms with Gasteiger partial charge in [0.05, 0.1) is 36.9 Å². The molecule has 0 aliphatic rings. The van der Waals surface area contributed by atoms with E-state index < -0.39 is 60.4 Å². The summed E-state index contributed by atoms with van der Waals surface area (Å²) in [6, 6.07) is -1.73. The summed E-state index contributed by atoms with van der Waals surface area (Å²) in [5.74, 6) is -7.03. The standard InChI is InChI=1S/2C6H9N3O2.C6H8O7/c2*7-5(6(10)11)1-4-2-8-3-9-4;7-3(8)1-6(13,5(11)12)2-4(9)10/h2*2-3,5H,1,7H2,(H,8,9)(H,10,11);13H,1-2H2,(H,7,8)(H,9,10)(H,11,12). The Hall–Kier alpha value is -4.35. The fraction of sp³-hybridized carbons (Fsp3) is 0.389.